The third kappa shape index (κ3) is 5.83. The first-order valence-corrected chi connectivity index (χ1v) is 11.8. The van der Waals surface area contributed by atoms with Crippen molar-refractivity contribution < 1.29 is 26.5 Å². The van der Waals surface area contributed by atoms with Gasteiger partial charge in [-0.15, -0.1) is 0 Å². The molecule has 1 aliphatic rings. The van der Waals surface area contributed by atoms with Crippen molar-refractivity contribution in [2.24, 2.45) is 0 Å². The largest absolute Gasteiger partial charge is 0.394 e. The van der Waals surface area contributed by atoms with E-state index in [2.05, 4.69) is 31.2 Å². The Morgan fingerprint density at radius 2 is 1.97 bits per heavy atom. The maximum absolute atomic E-state index is 15.1. The molecule has 1 heterocycles. The van der Waals surface area contributed by atoms with E-state index in [0.29, 0.717) is 24.1 Å². The zero-order chi connectivity index (χ0) is 26.9. The van der Waals surface area contributed by atoms with Gasteiger partial charge in [0.2, 0.25) is 0 Å². The summed E-state index contributed by atoms with van der Waals surface area (Å²) in [6, 6.07) is 5.45. The predicted octanol–water partition coefficient (Wildman–Crippen LogP) is 4.25. The highest BCUT2D eigenvalue weighted by molar-refractivity contribution is 9.10. The van der Waals surface area contributed by atoms with Gasteiger partial charge in [-0.05, 0) is 61.6 Å². The summed E-state index contributed by atoms with van der Waals surface area (Å²) in [5.74, 6) is -2.48. The predicted molar refractivity (Wildman–Crippen MR) is 130 cm³/mol. The summed E-state index contributed by atoms with van der Waals surface area (Å²) in [4.78, 5) is 21.6. The van der Waals surface area contributed by atoms with Gasteiger partial charge in [0.05, 0.1) is 38.9 Å². The van der Waals surface area contributed by atoms with Crippen molar-refractivity contribution in [2.45, 2.75) is 43.7 Å². The van der Waals surface area contributed by atoms with Crippen LogP contribution in [-0.2, 0) is 0 Å². The fraction of sp³-hybridized carbons (Fsp3) is 0.320. The summed E-state index contributed by atoms with van der Waals surface area (Å²) in [7, 11) is 0. The van der Waals surface area contributed by atoms with Crippen molar-refractivity contribution in [1.29, 1.82) is 0 Å². The van der Waals surface area contributed by atoms with Crippen molar-refractivity contribution in [1.82, 2.24) is 15.3 Å². The Bertz CT molecular complexity index is 1300. The molecule has 4 rings (SSSR count). The number of benzene rings is 2. The molecule has 0 bridgehead atoms. The maximum Gasteiger partial charge on any atom is 0.254 e. The van der Waals surface area contributed by atoms with E-state index in [4.69, 9.17) is 8.48 Å². The molecule has 10 heteroatoms. The van der Waals surface area contributed by atoms with E-state index in [9.17, 15) is 19.4 Å². The number of amides is 1. The van der Waals surface area contributed by atoms with E-state index in [1.165, 1.54) is 18.2 Å². The highest BCUT2D eigenvalue weighted by Crippen LogP contribution is 2.34. The maximum atomic E-state index is 15.1. The minimum Gasteiger partial charge on any atom is -0.394 e. The van der Waals surface area contributed by atoms with Crippen LogP contribution in [0.2, 0.25) is 0 Å². The van der Waals surface area contributed by atoms with Gasteiger partial charge in [0.1, 0.15) is 23.1 Å². The van der Waals surface area contributed by atoms with Crippen molar-refractivity contribution in [3.63, 3.8) is 0 Å². The summed E-state index contributed by atoms with van der Waals surface area (Å²) in [5.41, 5.74) is 6.76. The Hall–Kier alpha value is -2.95. The lowest BCUT2D eigenvalue weighted by atomic mass is 9.85. The Balaban J connectivity index is 1.59. The number of aromatic nitrogens is 2. The number of carbonyl (C=O) groups excluding carboxylic acids is 1. The van der Waals surface area contributed by atoms with Crippen LogP contribution >= 0.6 is 15.9 Å². The standard InChI is InChI=1S/C25H25BrF2N4O3/c26-16-7-15(8-17(27)10-16)22(12-33)32-25(35)19-6-3-14(9-20(19)28)23-24(29)30-11-21(31-23)13-1-4-18(34)5-2-13/h3,6-11,13,18,22,33-34H,1-2,4-5,12H2,(H2,29,30)(H,32,35)/t13?,18?,22-/m1/s1/i12D2. The highest BCUT2D eigenvalue weighted by Gasteiger charge is 2.24. The average Bonchev–Trinajstić information content (AvgIpc) is 2.82. The van der Waals surface area contributed by atoms with E-state index < -0.39 is 35.7 Å². The number of carbonyl (C=O) groups is 1. The van der Waals surface area contributed by atoms with Crippen LogP contribution in [0.25, 0.3) is 11.3 Å². The van der Waals surface area contributed by atoms with Gasteiger partial charge >= 0.3 is 0 Å². The molecule has 1 aromatic heterocycles. The number of nitrogen functional groups attached to an aromatic ring is 1. The third-order valence-electron chi connectivity index (χ3n) is 6.04. The summed E-state index contributed by atoms with van der Waals surface area (Å²) in [5, 5.41) is 22.0. The third-order valence-corrected chi connectivity index (χ3v) is 6.50. The van der Waals surface area contributed by atoms with Crippen molar-refractivity contribution in [2.75, 3.05) is 12.3 Å². The molecule has 3 aromatic rings. The van der Waals surface area contributed by atoms with Gasteiger partial charge in [-0.3, -0.25) is 4.79 Å². The van der Waals surface area contributed by atoms with Crippen LogP contribution in [0.3, 0.4) is 0 Å². The average molecular weight is 549 g/mol. The molecule has 0 spiro atoms. The number of anilines is 1. The molecule has 1 atom stereocenters. The van der Waals surface area contributed by atoms with E-state index in [1.807, 2.05) is 0 Å². The van der Waals surface area contributed by atoms with Gasteiger partial charge in [0, 0.05) is 16.0 Å². The molecule has 1 saturated carbocycles. The van der Waals surface area contributed by atoms with Crippen LogP contribution in [0.5, 0.6) is 0 Å². The quantitative estimate of drug-likeness (QED) is 0.365. The zero-order valence-corrected chi connectivity index (χ0v) is 20.1. The molecule has 2 aromatic carbocycles. The van der Waals surface area contributed by atoms with Crippen molar-refractivity contribution in [3.05, 3.63) is 75.5 Å². The van der Waals surface area contributed by atoms with E-state index in [-0.39, 0.29) is 33.6 Å². The second-order valence-corrected chi connectivity index (χ2v) is 9.38. The van der Waals surface area contributed by atoms with Gasteiger partial charge in [-0.1, -0.05) is 22.0 Å². The lowest BCUT2D eigenvalue weighted by Gasteiger charge is -2.25. The number of nitrogens with two attached hydrogens (primary N) is 1. The van der Waals surface area contributed by atoms with E-state index >= 15 is 4.39 Å². The fourth-order valence-corrected chi connectivity index (χ4v) is 4.66. The molecule has 1 aliphatic carbocycles. The molecule has 184 valence electrons. The van der Waals surface area contributed by atoms with Crippen LogP contribution in [0, 0.1) is 11.6 Å². The second kappa shape index (κ2) is 10.8. The number of aliphatic hydroxyl groups is 2. The molecule has 1 fully saturated rings. The van der Waals surface area contributed by atoms with Crippen LogP contribution in [0.1, 0.15) is 62.0 Å². The van der Waals surface area contributed by atoms with E-state index in [1.54, 1.807) is 6.20 Å². The Morgan fingerprint density at radius 3 is 2.63 bits per heavy atom. The van der Waals surface area contributed by atoms with Crippen LogP contribution < -0.4 is 11.1 Å². The molecule has 35 heavy (non-hydrogen) atoms. The normalized spacial score (nSPS) is 20.0. The van der Waals surface area contributed by atoms with Gasteiger partial charge in [-0.2, -0.15) is 0 Å². The van der Waals surface area contributed by atoms with Gasteiger partial charge in [0.25, 0.3) is 5.91 Å². The summed E-state index contributed by atoms with van der Waals surface area (Å²) in [6.07, 6.45) is 4.05. The van der Waals surface area contributed by atoms with Crippen LogP contribution in [0.15, 0.2) is 47.1 Å². The van der Waals surface area contributed by atoms with Crippen LogP contribution in [0.4, 0.5) is 14.6 Å². The SMILES string of the molecule is [2H]C([2H])(O)[C@@H](NC(=O)c1ccc(-c2nc(C3CCC(O)CC3)cnc2N)cc1F)c1cc(F)cc(Br)c1. The lowest BCUT2D eigenvalue weighted by molar-refractivity contribution is 0.0912. The summed E-state index contributed by atoms with van der Waals surface area (Å²) in [6.45, 7) is -2.97. The first kappa shape index (κ1) is 22.5. The van der Waals surface area contributed by atoms with Gasteiger partial charge in [-0.25, -0.2) is 18.7 Å². The number of nitrogens with one attached hydrogen (secondary N) is 1. The topological polar surface area (TPSA) is 121 Å². The number of hydrogen-bond donors (Lipinski definition) is 4. The molecule has 0 saturated heterocycles. The Labute approximate surface area is 212 Å². The molecular weight excluding hydrogens is 522 g/mol. The number of nitrogens with zero attached hydrogens (tertiary/aromatic N) is 2. The Morgan fingerprint density at radius 1 is 1.23 bits per heavy atom. The molecule has 7 nitrogen and oxygen atoms in total. The number of hydrogen-bond acceptors (Lipinski definition) is 6. The van der Waals surface area contributed by atoms with Gasteiger partial charge in [0.15, 0.2) is 0 Å². The van der Waals surface area contributed by atoms with Gasteiger partial charge < -0.3 is 21.3 Å². The molecular formula is C25H25BrF2N4O3. The van der Waals surface area contributed by atoms with Crippen LogP contribution in [-0.4, -0.2) is 38.8 Å². The summed E-state index contributed by atoms with van der Waals surface area (Å²) < 4.78 is 44.6. The minimum atomic E-state index is -2.97. The molecule has 1 amide bonds. The number of rotatable bonds is 6. The first-order chi connectivity index (χ1) is 17.4. The number of halogens is 3. The molecule has 0 unspecified atom stereocenters. The first-order valence-electron chi connectivity index (χ1n) is 12.0. The lowest BCUT2D eigenvalue weighted by Crippen LogP contribution is -2.31. The van der Waals surface area contributed by atoms with E-state index in [0.717, 1.165) is 31.0 Å². The Kier molecular flexibility index (Phi) is 6.92. The smallest absolute Gasteiger partial charge is 0.254 e. The van der Waals surface area contributed by atoms with Crippen molar-refractivity contribution in [3.8, 4) is 11.3 Å². The monoisotopic (exact) mass is 548 g/mol. The zero-order valence-electron chi connectivity index (χ0n) is 20.5. The number of aliphatic hydroxyl groups excluding tert-OH is 1. The minimum absolute atomic E-state index is 0.0557. The fourth-order valence-electron chi connectivity index (χ4n) is 4.18. The summed E-state index contributed by atoms with van der Waals surface area (Å²) >= 11 is 3.09. The second-order valence-electron chi connectivity index (χ2n) is 8.47. The molecule has 5 N–H and O–H groups in total. The van der Waals surface area contributed by atoms with Crippen molar-refractivity contribution >= 4 is 27.7 Å². The molecule has 0 radical (unpaired) electrons. The molecule has 0 aliphatic heterocycles. The highest BCUT2D eigenvalue weighted by atomic mass is 79.9.